The molecule has 2 aliphatic rings. The van der Waals surface area contributed by atoms with Crippen molar-refractivity contribution in [3.05, 3.63) is 58.7 Å². The highest BCUT2D eigenvalue weighted by atomic mass is 16.5. The fourth-order valence-electron chi connectivity index (χ4n) is 3.93. The highest BCUT2D eigenvalue weighted by molar-refractivity contribution is 6.60. The molecule has 2 heterocycles. The van der Waals surface area contributed by atoms with Crippen LogP contribution in [0.25, 0.3) is 0 Å². The van der Waals surface area contributed by atoms with E-state index < -0.39 is 7.12 Å². The van der Waals surface area contributed by atoms with Crippen molar-refractivity contribution in [2.45, 2.75) is 13.0 Å². The van der Waals surface area contributed by atoms with Gasteiger partial charge in [-0.25, -0.2) is 0 Å². The van der Waals surface area contributed by atoms with Crippen LogP contribution in [-0.4, -0.2) is 71.9 Å². The number of amides is 1. The third-order valence-electron chi connectivity index (χ3n) is 5.56. The number of carbonyl (C=O) groups is 2. The summed E-state index contributed by atoms with van der Waals surface area (Å²) in [5, 5.41) is 18.6. The molecule has 8 heteroatoms. The second-order valence-electron chi connectivity index (χ2n) is 7.44. The minimum atomic E-state index is -1.74. The second kappa shape index (κ2) is 8.36. The summed E-state index contributed by atoms with van der Waals surface area (Å²) in [4.78, 5) is 28.1. The lowest BCUT2D eigenvalue weighted by molar-refractivity contribution is 0.0628. The summed E-state index contributed by atoms with van der Waals surface area (Å²) in [7, 11) is -1.74. The molecule has 0 saturated carbocycles. The molecule has 2 aromatic rings. The number of hydrogen-bond acceptors (Lipinski definition) is 6. The normalized spacial score (nSPS) is 16.3. The predicted molar refractivity (Wildman–Crippen MR) is 108 cm³/mol. The van der Waals surface area contributed by atoms with Gasteiger partial charge in [0.1, 0.15) is 12.0 Å². The first-order valence-electron chi connectivity index (χ1n) is 9.76. The van der Waals surface area contributed by atoms with E-state index in [1.807, 2.05) is 6.07 Å². The van der Waals surface area contributed by atoms with E-state index in [9.17, 15) is 19.6 Å². The number of rotatable bonds is 5. The number of nitrogens with zero attached hydrogens (tertiary/aromatic N) is 2. The fraction of sp³-hybridized carbons (Fsp3) is 0.333. The fourth-order valence-corrected chi connectivity index (χ4v) is 3.93. The summed E-state index contributed by atoms with van der Waals surface area (Å²) in [6.45, 7) is 4.35. The van der Waals surface area contributed by atoms with Crippen LogP contribution in [0.4, 0.5) is 0 Å². The summed E-state index contributed by atoms with van der Waals surface area (Å²) in [5.74, 6) is 0.833. The first-order chi connectivity index (χ1) is 14.0. The van der Waals surface area contributed by atoms with Gasteiger partial charge in [0.05, 0.1) is 6.61 Å². The predicted octanol–water partition coefficient (Wildman–Crippen LogP) is 0.0718. The molecule has 2 aliphatic heterocycles. The average Bonchev–Trinajstić information content (AvgIpc) is 3.21. The van der Waals surface area contributed by atoms with Gasteiger partial charge in [-0.15, -0.1) is 0 Å². The van der Waals surface area contributed by atoms with E-state index in [4.69, 9.17) is 4.74 Å². The molecule has 2 aromatic carbocycles. The van der Waals surface area contributed by atoms with Gasteiger partial charge in [0.2, 0.25) is 0 Å². The Bertz CT molecular complexity index is 925. The third-order valence-corrected chi connectivity index (χ3v) is 5.56. The van der Waals surface area contributed by atoms with E-state index in [2.05, 4.69) is 17.0 Å². The number of benzene rings is 2. The van der Waals surface area contributed by atoms with E-state index >= 15 is 0 Å². The highest BCUT2D eigenvalue weighted by Crippen LogP contribution is 2.26. The van der Waals surface area contributed by atoms with Crippen molar-refractivity contribution >= 4 is 24.8 Å². The van der Waals surface area contributed by atoms with Crippen LogP contribution in [-0.2, 0) is 13.0 Å². The van der Waals surface area contributed by atoms with Crippen molar-refractivity contribution in [2.75, 3.05) is 32.8 Å². The highest BCUT2D eigenvalue weighted by Gasteiger charge is 2.24. The van der Waals surface area contributed by atoms with Crippen molar-refractivity contribution in [2.24, 2.45) is 0 Å². The zero-order chi connectivity index (χ0) is 20.4. The van der Waals surface area contributed by atoms with Gasteiger partial charge in [-0.05, 0) is 34.8 Å². The minimum absolute atomic E-state index is 0.0983. The second-order valence-corrected chi connectivity index (χ2v) is 7.44. The van der Waals surface area contributed by atoms with Crippen LogP contribution in [0.5, 0.6) is 5.75 Å². The van der Waals surface area contributed by atoms with Crippen molar-refractivity contribution in [1.82, 2.24) is 9.80 Å². The first kappa shape index (κ1) is 19.6. The summed E-state index contributed by atoms with van der Waals surface area (Å²) < 4.78 is 5.56. The monoisotopic (exact) mass is 394 g/mol. The number of hydrogen-bond donors (Lipinski definition) is 2. The maximum absolute atomic E-state index is 12.8. The Hall–Kier alpha value is -2.68. The lowest BCUT2D eigenvalue weighted by atomic mass is 9.77. The first-order valence-corrected chi connectivity index (χ1v) is 9.76. The lowest BCUT2D eigenvalue weighted by Crippen LogP contribution is -2.48. The van der Waals surface area contributed by atoms with Gasteiger partial charge >= 0.3 is 7.12 Å². The SMILES string of the molecule is O=Cc1cc(C(=O)N2CCN(Cc3ccc4c(c3)CCO4)CC2)ccc1B(O)O. The van der Waals surface area contributed by atoms with Crippen LogP contribution < -0.4 is 10.2 Å². The molecule has 0 atom stereocenters. The van der Waals surface area contributed by atoms with E-state index in [1.54, 1.807) is 4.90 Å². The molecule has 0 spiro atoms. The van der Waals surface area contributed by atoms with Crippen LogP contribution in [0.2, 0.25) is 0 Å². The minimum Gasteiger partial charge on any atom is -0.493 e. The molecule has 1 saturated heterocycles. The third kappa shape index (κ3) is 4.19. The number of fused-ring (bicyclic) bond motifs is 1. The van der Waals surface area contributed by atoms with Gasteiger partial charge < -0.3 is 19.7 Å². The van der Waals surface area contributed by atoms with Crippen LogP contribution in [0, 0.1) is 0 Å². The van der Waals surface area contributed by atoms with Gasteiger partial charge in [0, 0.05) is 50.3 Å². The van der Waals surface area contributed by atoms with Crippen LogP contribution in [0.1, 0.15) is 31.8 Å². The van der Waals surface area contributed by atoms with Crippen molar-refractivity contribution < 1.29 is 24.4 Å². The molecule has 0 radical (unpaired) electrons. The molecular formula is C21H23BN2O5. The van der Waals surface area contributed by atoms with Crippen molar-refractivity contribution in [3.8, 4) is 5.75 Å². The van der Waals surface area contributed by atoms with Crippen molar-refractivity contribution in [3.63, 3.8) is 0 Å². The van der Waals surface area contributed by atoms with Gasteiger partial charge in [0.25, 0.3) is 5.91 Å². The average molecular weight is 394 g/mol. The Kier molecular flexibility index (Phi) is 5.66. The Balaban J connectivity index is 1.37. The molecule has 4 rings (SSSR count). The smallest absolute Gasteiger partial charge is 0.489 e. The number of carbonyl (C=O) groups excluding carboxylic acids is 2. The molecule has 29 heavy (non-hydrogen) atoms. The largest absolute Gasteiger partial charge is 0.493 e. The van der Waals surface area contributed by atoms with E-state index in [0.29, 0.717) is 24.9 Å². The summed E-state index contributed by atoms with van der Waals surface area (Å²) in [6, 6.07) is 10.7. The summed E-state index contributed by atoms with van der Waals surface area (Å²) in [6.07, 6.45) is 1.49. The maximum atomic E-state index is 12.8. The molecule has 0 aliphatic carbocycles. The summed E-state index contributed by atoms with van der Waals surface area (Å²) in [5.41, 5.74) is 3.11. The van der Waals surface area contributed by atoms with Crippen molar-refractivity contribution in [1.29, 1.82) is 0 Å². The van der Waals surface area contributed by atoms with Gasteiger partial charge in [-0.2, -0.15) is 0 Å². The van der Waals surface area contributed by atoms with E-state index in [-0.39, 0.29) is 16.9 Å². The topological polar surface area (TPSA) is 90.3 Å². The van der Waals surface area contributed by atoms with E-state index in [1.165, 1.54) is 29.3 Å². The lowest BCUT2D eigenvalue weighted by Gasteiger charge is -2.35. The van der Waals surface area contributed by atoms with Crippen LogP contribution in [0.15, 0.2) is 36.4 Å². The molecule has 0 unspecified atom stereocenters. The van der Waals surface area contributed by atoms with Crippen LogP contribution in [0.3, 0.4) is 0 Å². The standard InChI is InChI=1S/C21H23BN2O5/c25-14-18-12-17(2-3-19(18)22(27)28)21(26)24-8-6-23(7-9-24)13-15-1-4-20-16(11-15)5-10-29-20/h1-4,11-12,14,27-28H,5-10,13H2. The maximum Gasteiger partial charge on any atom is 0.489 e. The number of piperazine rings is 1. The van der Waals surface area contributed by atoms with E-state index in [0.717, 1.165) is 38.4 Å². The van der Waals surface area contributed by atoms with Gasteiger partial charge in [0.15, 0.2) is 0 Å². The van der Waals surface area contributed by atoms with Gasteiger partial charge in [-0.3, -0.25) is 14.5 Å². The Morgan fingerprint density at radius 1 is 1.10 bits per heavy atom. The Labute approximate surface area is 169 Å². The molecular weight excluding hydrogens is 371 g/mol. The summed E-state index contributed by atoms with van der Waals surface area (Å²) >= 11 is 0. The Morgan fingerprint density at radius 2 is 1.90 bits per heavy atom. The molecule has 150 valence electrons. The molecule has 2 N–H and O–H groups in total. The molecule has 7 nitrogen and oxygen atoms in total. The quantitative estimate of drug-likeness (QED) is 0.551. The zero-order valence-electron chi connectivity index (χ0n) is 16.1. The molecule has 1 fully saturated rings. The molecule has 1 amide bonds. The van der Waals surface area contributed by atoms with Gasteiger partial charge in [-0.1, -0.05) is 18.2 Å². The number of ether oxygens (including phenoxy) is 1. The van der Waals surface area contributed by atoms with Crippen LogP contribution >= 0.6 is 0 Å². The number of aldehydes is 1. The Morgan fingerprint density at radius 3 is 2.62 bits per heavy atom. The molecule has 0 aromatic heterocycles. The molecule has 0 bridgehead atoms. The zero-order valence-corrected chi connectivity index (χ0v) is 16.1.